The van der Waals surface area contributed by atoms with E-state index in [0.717, 1.165) is 12.2 Å². The molecule has 3 N–H and O–H groups in total. The number of esters is 1. The Morgan fingerprint density at radius 1 is 1.00 bits per heavy atom. The van der Waals surface area contributed by atoms with Gasteiger partial charge in [0.25, 0.3) is 0 Å². The lowest BCUT2D eigenvalue weighted by atomic mass is 9.89. The highest BCUT2D eigenvalue weighted by atomic mass is 33.1. The van der Waals surface area contributed by atoms with Crippen molar-refractivity contribution in [1.82, 2.24) is 16.0 Å². The van der Waals surface area contributed by atoms with Crippen molar-refractivity contribution in [2.75, 3.05) is 11.5 Å². The van der Waals surface area contributed by atoms with Crippen LogP contribution in [0.3, 0.4) is 0 Å². The van der Waals surface area contributed by atoms with E-state index in [4.69, 9.17) is 4.74 Å². The van der Waals surface area contributed by atoms with Gasteiger partial charge in [-0.2, -0.15) is 0 Å². The zero-order chi connectivity index (χ0) is 23.0. The molecule has 2 rings (SSSR count). The van der Waals surface area contributed by atoms with E-state index in [-0.39, 0.29) is 36.6 Å². The summed E-state index contributed by atoms with van der Waals surface area (Å²) in [6.45, 7) is 7.42. The van der Waals surface area contributed by atoms with Crippen molar-refractivity contribution >= 4 is 45.3 Å². The third kappa shape index (κ3) is 8.40. The minimum absolute atomic E-state index is 0.0651. The number of nitrogens with one attached hydrogen (secondary N) is 3. The molecule has 5 atom stereocenters. The first-order chi connectivity index (χ1) is 14.7. The number of ether oxygens (including phenoxy) is 1. The molecule has 2 bridgehead atoms. The van der Waals surface area contributed by atoms with Crippen molar-refractivity contribution in [3.05, 3.63) is 12.2 Å². The first-order valence-corrected chi connectivity index (χ1v) is 13.2. The van der Waals surface area contributed by atoms with E-state index in [0.29, 0.717) is 5.75 Å². The number of hydrogen-bond acceptors (Lipinski definition) is 7. The maximum Gasteiger partial charge on any atom is 0.306 e. The van der Waals surface area contributed by atoms with Crippen LogP contribution in [-0.2, 0) is 23.9 Å². The third-order valence-electron chi connectivity index (χ3n) is 5.24. The van der Waals surface area contributed by atoms with E-state index < -0.39 is 36.0 Å². The van der Waals surface area contributed by atoms with Gasteiger partial charge in [0.2, 0.25) is 17.7 Å². The van der Waals surface area contributed by atoms with Crippen LogP contribution in [0.25, 0.3) is 0 Å². The van der Waals surface area contributed by atoms with Crippen molar-refractivity contribution in [2.45, 2.75) is 71.2 Å². The summed E-state index contributed by atoms with van der Waals surface area (Å²) in [4.78, 5) is 50.8. The number of carbonyl (C=O) groups is 4. The molecular formula is C21H33N3O5S2. The van der Waals surface area contributed by atoms with Crippen molar-refractivity contribution in [3.63, 3.8) is 0 Å². The second-order valence-electron chi connectivity index (χ2n) is 8.37. The lowest BCUT2D eigenvalue weighted by Crippen LogP contribution is -2.56. The molecule has 8 nitrogen and oxygen atoms in total. The molecule has 0 aromatic carbocycles. The summed E-state index contributed by atoms with van der Waals surface area (Å²) in [5, 5.41) is 8.44. The van der Waals surface area contributed by atoms with Gasteiger partial charge in [0, 0.05) is 17.5 Å². The Balaban J connectivity index is 2.41. The summed E-state index contributed by atoms with van der Waals surface area (Å²) in [5.41, 5.74) is 0. The summed E-state index contributed by atoms with van der Waals surface area (Å²) in [6.07, 6.45) is 3.73. The highest BCUT2D eigenvalue weighted by Crippen LogP contribution is 2.24. The van der Waals surface area contributed by atoms with E-state index in [2.05, 4.69) is 16.0 Å². The number of hydrogen-bond donors (Lipinski definition) is 3. The molecule has 0 radical (unpaired) electrons. The van der Waals surface area contributed by atoms with E-state index in [1.165, 1.54) is 10.8 Å². The van der Waals surface area contributed by atoms with Gasteiger partial charge in [0.1, 0.15) is 18.2 Å². The van der Waals surface area contributed by atoms with Crippen LogP contribution in [0, 0.1) is 11.8 Å². The Kier molecular flexibility index (Phi) is 10.2. The molecule has 0 aliphatic carbocycles. The Bertz CT molecular complexity index is 701. The van der Waals surface area contributed by atoms with E-state index in [9.17, 15) is 19.2 Å². The van der Waals surface area contributed by atoms with Gasteiger partial charge in [0.05, 0.1) is 12.8 Å². The van der Waals surface area contributed by atoms with Crippen LogP contribution in [0.2, 0.25) is 0 Å². The van der Waals surface area contributed by atoms with Crippen LogP contribution in [-0.4, -0.2) is 59.4 Å². The second-order valence-corrected chi connectivity index (χ2v) is 11.0. The molecule has 31 heavy (non-hydrogen) atoms. The smallest absolute Gasteiger partial charge is 0.306 e. The van der Waals surface area contributed by atoms with Crippen molar-refractivity contribution in [1.29, 1.82) is 0 Å². The zero-order valence-electron chi connectivity index (χ0n) is 18.5. The molecule has 0 spiro atoms. The SMILES string of the molecule is CC1NC(=O)CC2C=CCCSSCC(NC1=O)C(=O)NC(C(C)C)C(C)CC(=O)O2. The second kappa shape index (κ2) is 12.4. The normalized spacial score (nSPS) is 32.1. The molecule has 2 heterocycles. The molecule has 174 valence electrons. The van der Waals surface area contributed by atoms with Gasteiger partial charge in [-0.15, -0.1) is 0 Å². The molecule has 0 saturated carbocycles. The number of amides is 3. The van der Waals surface area contributed by atoms with Crippen LogP contribution in [0.5, 0.6) is 0 Å². The highest BCUT2D eigenvalue weighted by Gasteiger charge is 2.31. The highest BCUT2D eigenvalue weighted by molar-refractivity contribution is 8.76. The summed E-state index contributed by atoms with van der Waals surface area (Å²) in [6, 6.07) is -1.83. The summed E-state index contributed by atoms with van der Waals surface area (Å²) in [7, 11) is 3.13. The number of allylic oxidation sites excluding steroid dienone is 1. The van der Waals surface area contributed by atoms with Crippen LogP contribution in [0.15, 0.2) is 12.2 Å². The Morgan fingerprint density at radius 2 is 1.74 bits per heavy atom. The van der Waals surface area contributed by atoms with Crippen molar-refractivity contribution in [2.24, 2.45) is 11.8 Å². The molecule has 2 aliphatic heterocycles. The predicted octanol–water partition coefficient (Wildman–Crippen LogP) is 1.80. The minimum Gasteiger partial charge on any atom is -0.458 e. The quantitative estimate of drug-likeness (QED) is 0.304. The largest absolute Gasteiger partial charge is 0.458 e. The molecule has 1 fully saturated rings. The van der Waals surface area contributed by atoms with E-state index in [1.54, 1.807) is 23.8 Å². The Morgan fingerprint density at radius 3 is 2.45 bits per heavy atom. The lowest BCUT2D eigenvalue weighted by Gasteiger charge is -2.30. The monoisotopic (exact) mass is 471 g/mol. The first kappa shape index (κ1) is 25.6. The van der Waals surface area contributed by atoms with Gasteiger partial charge >= 0.3 is 5.97 Å². The topological polar surface area (TPSA) is 114 Å². The van der Waals surface area contributed by atoms with Crippen molar-refractivity contribution in [3.8, 4) is 0 Å². The number of fused-ring (bicyclic) bond motifs is 7. The van der Waals surface area contributed by atoms with Crippen LogP contribution < -0.4 is 16.0 Å². The molecule has 2 aliphatic rings. The van der Waals surface area contributed by atoms with Crippen LogP contribution in [0.4, 0.5) is 0 Å². The van der Waals surface area contributed by atoms with E-state index in [1.807, 2.05) is 26.8 Å². The van der Waals surface area contributed by atoms with Gasteiger partial charge in [0.15, 0.2) is 0 Å². The standard InChI is InChI=1S/C21H33N3O5S2/c1-12(2)19-13(3)9-18(26)29-15-7-5-6-8-30-31-11-16(21(28)24-19)23-20(27)14(4)22-17(25)10-15/h5,7,12-16,19H,6,8-11H2,1-4H3,(H,22,25)(H,23,27)(H,24,28). The molecule has 3 amide bonds. The van der Waals surface area contributed by atoms with Gasteiger partial charge in [-0.1, -0.05) is 48.4 Å². The fourth-order valence-electron chi connectivity index (χ4n) is 3.55. The van der Waals surface area contributed by atoms with Gasteiger partial charge in [-0.25, -0.2) is 0 Å². The molecular weight excluding hydrogens is 438 g/mol. The maximum atomic E-state index is 13.1. The zero-order valence-corrected chi connectivity index (χ0v) is 20.1. The summed E-state index contributed by atoms with van der Waals surface area (Å²) >= 11 is 0. The minimum atomic E-state index is -0.823. The van der Waals surface area contributed by atoms with Crippen molar-refractivity contribution < 1.29 is 23.9 Å². The average molecular weight is 472 g/mol. The predicted molar refractivity (Wildman–Crippen MR) is 123 cm³/mol. The number of carbonyl (C=O) groups excluding carboxylic acids is 4. The third-order valence-corrected chi connectivity index (χ3v) is 7.69. The fourth-order valence-corrected chi connectivity index (χ4v) is 5.71. The molecule has 5 unspecified atom stereocenters. The summed E-state index contributed by atoms with van der Waals surface area (Å²) in [5.74, 6) is -0.439. The molecule has 0 aromatic rings. The van der Waals surface area contributed by atoms with Crippen LogP contribution in [0.1, 0.15) is 47.0 Å². The van der Waals surface area contributed by atoms with Gasteiger partial charge in [-0.3, -0.25) is 19.2 Å². The van der Waals surface area contributed by atoms with Gasteiger partial charge < -0.3 is 20.7 Å². The average Bonchev–Trinajstić information content (AvgIpc) is 2.68. The van der Waals surface area contributed by atoms with E-state index >= 15 is 0 Å². The lowest BCUT2D eigenvalue weighted by molar-refractivity contribution is -0.149. The Hall–Kier alpha value is -1.68. The fraction of sp³-hybridized carbons (Fsp3) is 0.714. The van der Waals surface area contributed by atoms with Gasteiger partial charge in [-0.05, 0) is 31.3 Å². The van der Waals surface area contributed by atoms with Crippen LogP contribution >= 0.6 is 21.6 Å². The summed E-state index contributed by atoms with van der Waals surface area (Å²) < 4.78 is 5.59. The molecule has 0 aromatic heterocycles. The molecule has 10 heteroatoms. The Labute approximate surface area is 191 Å². The number of rotatable bonds is 1. The maximum absolute atomic E-state index is 13.1. The molecule has 1 saturated heterocycles. The first-order valence-electron chi connectivity index (χ1n) is 10.7.